The fraction of sp³-hybridized carbons (Fsp3) is 0.357. The van der Waals surface area contributed by atoms with Gasteiger partial charge in [-0.15, -0.1) is 0 Å². The van der Waals surface area contributed by atoms with Crippen molar-refractivity contribution in [2.75, 3.05) is 0 Å². The lowest BCUT2D eigenvalue weighted by Crippen LogP contribution is -2.28. The SMILES string of the molecule is CC(C)C1(C)c2ccccc2-c2cn[nH]c21. The van der Waals surface area contributed by atoms with Gasteiger partial charge in [0.15, 0.2) is 0 Å². The van der Waals surface area contributed by atoms with Gasteiger partial charge in [-0.1, -0.05) is 38.1 Å². The van der Waals surface area contributed by atoms with Crippen LogP contribution in [0.5, 0.6) is 0 Å². The normalized spacial score (nSPS) is 22.2. The molecule has 0 saturated heterocycles. The van der Waals surface area contributed by atoms with Gasteiger partial charge in [-0.3, -0.25) is 5.10 Å². The fourth-order valence-corrected chi connectivity index (χ4v) is 2.79. The number of rotatable bonds is 1. The first-order valence-corrected chi connectivity index (χ1v) is 5.79. The van der Waals surface area contributed by atoms with Crippen LogP contribution in [0.4, 0.5) is 0 Å². The van der Waals surface area contributed by atoms with E-state index in [1.807, 2.05) is 6.20 Å². The standard InChI is InChI=1S/C14H16N2/c1-9(2)14(3)12-7-5-4-6-10(12)11-8-15-16-13(11)14/h4-9H,1-3H3,(H,15,16). The van der Waals surface area contributed by atoms with Gasteiger partial charge in [0.05, 0.1) is 11.9 Å². The zero-order valence-corrected chi connectivity index (χ0v) is 9.91. The highest BCUT2D eigenvalue weighted by molar-refractivity contribution is 5.79. The Balaban J connectivity index is 2.37. The van der Waals surface area contributed by atoms with E-state index in [1.165, 1.54) is 22.4 Å². The molecule has 1 aromatic heterocycles. The summed E-state index contributed by atoms with van der Waals surface area (Å²) in [6.45, 7) is 6.85. The maximum Gasteiger partial charge on any atom is 0.0569 e. The Hall–Kier alpha value is -1.57. The second kappa shape index (κ2) is 2.97. The lowest BCUT2D eigenvalue weighted by Gasteiger charge is -2.30. The van der Waals surface area contributed by atoms with Crippen LogP contribution in [0.25, 0.3) is 11.1 Å². The first-order valence-electron chi connectivity index (χ1n) is 5.79. The van der Waals surface area contributed by atoms with Gasteiger partial charge in [-0.05, 0) is 24.0 Å². The van der Waals surface area contributed by atoms with E-state index >= 15 is 0 Å². The van der Waals surface area contributed by atoms with Gasteiger partial charge in [0.25, 0.3) is 0 Å². The summed E-state index contributed by atoms with van der Waals surface area (Å²) in [6.07, 6.45) is 1.95. The molecule has 0 saturated carbocycles. The average Bonchev–Trinajstić information content (AvgIpc) is 2.83. The second-order valence-electron chi connectivity index (χ2n) is 5.06. The number of aromatic amines is 1. The highest BCUT2D eigenvalue weighted by atomic mass is 15.1. The zero-order chi connectivity index (χ0) is 11.3. The molecule has 3 rings (SSSR count). The van der Waals surface area contributed by atoms with Gasteiger partial charge in [0, 0.05) is 11.0 Å². The van der Waals surface area contributed by atoms with E-state index in [1.54, 1.807) is 0 Å². The highest BCUT2D eigenvalue weighted by Gasteiger charge is 2.42. The number of nitrogens with zero attached hydrogens (tertiary/aromatic N) is 1. The summed E-state index contributed by atoms with van der Waals surface area (Å²) in [5, 5.41) is 7.38. The van der Waals surface area contributed by atoms with E-state index in [-0.39, 0.29) is 5.41 Å². The van der Waals surface area contributed by atoms with Crippen molar-refractivity contribution in [2.24, 2.45) is 5.92 Å². The van der Waals surface area contributed by atoms with Crippen molar-refractivity contribution in [2.45, 2.75) is 26.2 Å². The Morgan fingerprint density at radius 1 is 1.19 bits per heavy atom. The molecule has 0 bridgehead atoms. The molecule has 0 aliphatic heterocycles. The smallest absolute Gasteiger partial charge is 0.0569 e. The number of hydrogen-bond acceptors (Lipinski definition) is 1. The minimum absolute atomic E-state index is 0.0719. The third-order valence-electron chi connectivity index (χ3n) is 4.09. The maximum atomic E-state index is 4.20. The van der Waals surface area contributed by atoms with E-state index in [9.17, 15) is 0 Å². The molecule has 2 heteroatoms. The van der Waals surface area contributed by atoms with Gasteiger partial charge < -0.3 is 0 Å². The molecule has 2 aromatic rings. The molecule has 1 aromatic carbocycles. The zero-order valence-electron chi connectivity index (χ0n) is 9.91. The van der Waals surface area contributed by atoms with E-state index in [2.05, 4.69) is 55.2 Å². The van der Waals surface area contributed by atoms with Crippen molar-refractivity contribution in [3.05, 3.63) is 41.7 Å². The Bertz CT molecular complexity index is 539. The van der Waals surface area contributed by atoms with E-state index in [0.29, 0.717) is 5.92 Å². The van der Waals surface area contributed by atoms with Gasteiger partial charge in [-0.25, -0.2) is 0 Å². The summed E-state index contributed by atoms with van der Waals surface area (Å²) >= 11 is 0. The van der Waals surface area contributed by atoms with Crippen molar-refractivity contribution in [3.63, 3.8) is 0 Å². The summed E-state index contributed by atoms with van der Waals surface area (Å²) < 4.78 is 0. The average molecular weight is 212 g/mol. The number of hydrogen-bond donors (Lipinski definition) is 1. The van der Waals surface area contributed by atoms with Crippen LogP contribution >= 0.6 is 0 Å². The topological polar surface area (TPSA) is 28.7 Å². The first-order chi connectivity index (χ1) is 7.65. The van der Waals surface area contributed by atoms with Crippen molar-refractivity contribution < 1.29 is 0 Å². The van der Waals surface area contributed by atoms with Crippen LogP contribution in [0.1, 0.15) is 32.0 Å². The molecular weight excluding hydrogens is 196 g/mol. The lowest BCUT2D eigenvalue weighted by atomic mass is 9.74. The largest absolute Gasteiger partial charge is 0.281 e. The van der Waals surface area contributed by atoms with Crippen LogP contribution in [0, 0.1) is 5.92 Å². The second-order valence-corrected chi connectivity index (χ2v) is 5.06. The maximum absolute atomic E-state index is 4.20. The molecule has 1 atom stereocenters. The highest BCUT2D eigenvalue weighted by Crippen LogP contribution is 2.51. The van der Waals surface area contributed by atoms with Crippen LogP contribution in [0.15, 0.2) is 30.5 Å². The third kappa shape index (κ3) is 0.946. The molecule has 0 fully saturated rings. The van der Waals surface area contributed by atoms with Gasteiger partial charge >= 0.3 is 0 Å². The molecule has 1 aliphatic carbocycles. The Morgan fingerprint density at radius 2 is 1.94 bits per heavy atom. The molecular formula is C14H16N2. The lowest BCUT2D eigenvalue weighted by molar-refractivity contribution is 0.403. The number of fused-ring (bicyclic) bond motifs is 3. The van der Waals surface area contributed by atoms with Crippen molar-refractivity contribution in [1.29, 1.82) is 0 Å². The van der Waals surface area contributed by atoms with E-state index < -0.39 is 0 Å². The summed E-state index contributed by atoms with van der Waals surface area (Å²) in [4.78, 5) is 0. The van der Waals surface area contributed by atoms with Crippen molar-refractivity contribution in [3.8, 4) is 11.1 Å². The summed E-state index contributed by atoms with van der Waals surface area (Å²) in [5.41, 5.74) is 5.37. The molecule has 1 aliphatic rings. The summed E-state index contributed by atoms with van der Waals surface area (Å²) in [6, 6.07) is 8.65. The molecule has 0 spiro atoms. The van der Waals surface area contributed by atoms with E-state index in [0.717, 1.165) is 0 Å². The summed E-state index contributed by atoms with van der Waals surface area (Å²) in [5.74, 6) is 0.551. The van der Waals surface area contributed by atoms with Crippen LogP contribution < -0.4 is 0 Å². The van der Waals surface area contributed by atoms with Crippen LogP contribution in [0.2, 0.25) is 0 Å². The summed E-state index contributed by atoms with van der Waals surface area (Å²) in [7, 11) is 0. The molecule has 1 heterocycles. The molecule has 2 nitrogen and oxygen atoms in total. The molecule has 16 heavy (non-hydrogen) atoms. The van der Waals surface area contributed by atoms with Gasteiger partial charge in [0.2, 0.25) is 0 Å². The van der Waals surface area contributed by atoms with Gasteiger partial charge in [0.1, 0.15) is 0 Å². The number of H-pyrrole nitrogens is 1. The van der Waals surface area contributed by atoms with Gasteiger partial charge in [-0.2, -0.15) is 5.10 Å². The fourth-order valence-electron chi connectivity index (χ4n) is 2.79. The predicted molar refractivity (Wildman–Crippen MR) is 65.3 cm³/mol. The quantitative estimate of drug-likeness (QED) is 0.771. The Kier molecular flexibility index (Phi) is 1.79. The van der Waals surface area contributed by atoms with Crippen molar-refractivity contribution in [1.82, 2.24) is 10.2 Å². The third-order valence-corrected chi connectivity index (χ3v) is 4.09. The first kappa shape index (κ1) is 9.64. The van der Waals surface area contributed by atoms with E-state index in [4.69, 9.17) is 0 Å². The van der Waals surface area contributed by atoms with Crippen LogP contribution in [0.3, 0.4) is 0 Å². The van der Waals surface area contributed by atoms with Crippen LogP contribution in [-0.4, -0.2) is 10.2 Å². The molecule has 1 unspecified atom stereocenters. The number of nitrogens with one attached hydrogen (secondary N) is 1. The Morgan fingerprint density at radius 3 is 2.69 bits per heavy atom. The molecule has 0 radical (unpaired) electrons. The molecule has 0 amide bonds. The number of benzene rings is 1. The Labute approximate surface area is 95.7 Å². The minimum Gasteiger partial charge on any atom is -0.281 e. The molecule has 1 N–H and O–H groups in total. The van der Waals surface area contributed by atoms with Crippen molar-refractivity contribution >= 4 is 0 Å². The molecule has 82 valence electrons. The number of aromatic nitrogens is 2. The predicted octanol–water partition coefficient (Wildman–Crippen LogP) is 3.35. The minimum atomic E-state index is 0.0719. The monoisotopic (exact) mass is 212 g/mol. The van der Waals surface area contributed by atoms with Crippen LogP contribution in [-0.2, 0) is 5.41 Å².